The second-order valence-corrected chi connectivity index (χ2v) is 4.34. The SMILES string of the molecule is CCC(CC)Nc1ncnc2ccc([N+](=O)[O-])cc12. The Kier molecular flexibility index (Phi) is 3.89. The summed E-state index contributed by atoms with van der Waals surface area (Å²) in [4.78, 5) is 18.8. The zero-order chi connectivity index (χ0) is 13.8. The molecule has 0 aliphatic rings. The number of nitro groups is 1. The Bertz CT molecular complexity index is 596. The molecule has 0 unspecified atom stereocenters. The fraction of sp³-hybridized carbons (Fsp3) is 0.385. The third kappa shape index (κ3) is 2.78. The van der Waals surface area contributed by atoms with Gasteiger partial charge in [0.1, 0.15) is 12.1 Å². The molecule has 6 heteroatoms. The van der Waals surface area contributed by atoms with Gasteiger partial charge in [0.25, 0.3) is 5.69 Å². The van der Waals surface area contributed by atoms with Crippen LogP contribution in [0.15, 0.2) is 24.5 Å². The highest BCUT2D eigenvalue weighted by Crippen LogP contribution is 2.25. The molecule has 1 N–H and O–H groups in total. The first-order valence-electron chi connectivity index (χ1n) is 6.31. The number of fused-ring (bicyclic) bond motifs is 1. The quantitative estimate of drug-likeness (QED) is 0.659. The van der Waals surface area contributed by atoms with E-state index in [9.17, 15) is 10.1 Å². The number of aromatic nitrogens is 2. The summed E-state index contributed by atoms with van der Waals surface area (Å²) in [7, 11) is 0. The summed E-state index contributed by atoms with van der Waals surface area (Å²) in [5, 5.41) is 14.8. The van der Waals surface area contributed by atoms with Gasteiger partial charge in [-0.25, -0.2) is 9.97 Å². The van der Waals surface area contributed by atoms with E-state index in [2.05, 4.69) is 29.1 Å². The largest absolute Gasteiger partial charge is 0.367 e. The Balaban J connectivity index is 2.47. The molecule has 0 spiro atoms. The number of non-ortho nitro benzene ring substituents is 1. The van der Waals surface area contributed by atoms with E-state index < -0.39 is 4.92 Å². The smallest absolute Gasteiger partial charge is 0.270 e. The molecule has 0 saturated heterocycles. The van der Waals surface area contributed by atoms with Gasteiger partial charge >= 0.3 is 0 Å². The van der Waals surface area contributed by atoms with E-state index in [4.69, 9.17) is 0 Å². The standard InChI is InChI=1S/C13H16N4O2/c1-3-9(4-2)16-13-11-7-10(17(18)19)5-6-12(11)14-8-15-13/h5-9H,3-4H2,1-2H3,(H,14,15,16). The van der Waals surface area contributed by atoms with Gasteiger partial charge < -0.3 is 5.32 Å². The van der Waals surface area contributed by atoms with Crippen LogP contribution in [0.1, 0.15) is 26.7 Å². The number of nitrogens with one attached hydrogen (secondary N) is 1. The number of benzene rings is 1. The molecule has 0 bridgehead atoms. The van der Waals surface area contributed by atoms with E-state index in [1.54, 1.807) is 6.07 Å². The molecule has 0 radical (unpaired) electrons. The van der Waals surface area contributed by atoms with E-state index in [1.165, 1.54) is 18.5 Å². The molecule has 1 heterocycles. The van der Waals surface area contributed by atoms with Gasteiger partial charge in [-0.05, 0) is 18.9 Å². The van der Waals surface area contributed by atoms with Crippen molar-refractivity contribution in [3.05, 3.63) is 34.6 Å². The second-order valence-electron chi connectivity index (χ2n) is 4.34. The number of rotatable bonds is 5. The van der Waals surface area contributed by atoms with E-state index >= 15 is 0 Å². The predicted molar refractivity (Wildman–Crippen MR) is 74.2 cm³/mol. The molecular weight excluding hydrogens is 244 g/mol. The fourth-order valence-electron chi connectivity index (χ4n) is 1.96. The van der Waals surface area contributed by atoms with Gasteiger partial charge in [-0.15, -0.1) is 0 Å². The maximum absolute atomic E-state index is 10.8. The zero-order valence-electron chi connectivity index (χ0n) is 11.0. The summed E-state index contributed by atoms with van der Waals surface area (Å²) >= 11 is 0. The molecule has 0 aliphatic heterocycles. The van der Waals surface area contributed by atoms with Crippen LogP contribution in [0, 0.1) is 10.1 Å². The van der Waals surface area contributed by atoms with Crippen molar-refractivity contribution in [1.82, 2.24) is 9.97 Å². The molecule has 19 heavy (non-hydrogen) atoms. The molecule has 0 fully saturated rings. The first-order valence-corrected chi connectivity index (χ1v) is 6.31. The van der Waals surface area contributed by atoms with Crippen LogP contribution in [-0.2, 0) is 0 Å². The van der Waals surface area contributed by atoms with E-state index in [0.717, 1.165) is 12.8 Å². The molecule has 1 aromatic carbocycles. The van der Waals surface area contributed by atoms with Gasteiger partial charge in [0, 0.05) is 23.6 Å². The van der Waals surface area contributed by atoms with Gasteiger partial charge in [-0.1, -0.05) is 13.8 Å². The van der Waals surface area contributed by atoms with Gasteiger partial charge in [-0.2, -0.15) is 0 Å². The highest BCUT2D eigenvalue weighted by Gasteiger charge is 2.12. The van der Waals surface area contributed by atoms with Crippen LogP contribution in [0.5, 0.6) is 0 Å². The lowest BCUT2D eigenvalue weighted by Gasteiger charge is -2.16. The lowest BCUT2D eigenvalue weighted by atomic mass is 10.1. The number of nitro benzene ring substituents is 1. The number of nitrogens with zero attached hydrogens (tertiary/aromatic N) is 3. The third-order valence-corrected chi connectivity index (χ3v) is 3.16. The van der Waals surface area contributed by atoms with Crippen molar-refractivity contribution in [1.29, 1.82) is 0 Å². The number of hydrogen-bond donors (Lipinski definition) is 1. The minimum atomic E-state index is -0.409. The van der Waals surface area contributed by atoms with E-state index in [1.807, 2.05) is 0 Å². The van der Waals surface area contributed by atoms with E-state index in [-0.39, 0.29) is 5.69 Å². The van der Waals surface area contributed by atoms with Crippen molar-refractivity contribution in [2.45, 2.75) is 32.7 Å². The fourth-order valence-corrected chi connectivity index (χ4v) is 1.96. The summed E-state index contributed by atoms with van der Waals surface area (Å²) in [5.74, 6) is 0.655. The lowest BCUT2D eigenvalue weighted by molar-refractivity contribution is -0.384. The summed E-state index contributed by atoms with van der Waals surface area (Å²) in [5.41, 5.74) is 0.754. The molecule has 6 nitrogen and oxygen atoms in total. The highest BCUT2D eigenvalue weighted by molar-refractivity contribution is 5.90. The van der Waals surface area contributed by atoms with Gasteiger partial charge in [0.15, 0.2) is 0 Å². The Hall–Kier alpha value is -2.24. The third-order valence-electron chi connectivity index (χ3n) is 3.16. The topological polar surface area (TPSA) is 81.0 Å². The highest BCUT2D eigenvalue weighted by atomic mass is 16.6. The second kappa shape index (κ2) is 5.60. The molecule has 0 amide bonds. The van der Waals surface area contributed by atoms with Crippen LogP contribution in [0.4, 0.5) is 11.5 Å². The van der Waals surface area contributed by atoms with Crippen LogP contribution in [0.3, 0.4) is 0 Å². The van der Waals surface area contributed by atoms with Crippen molar-refractivity contribution in [2.75, 3.05) is 5.32 Å². The van der Waals surface area contributed by atoms with Gasteiger partial charge in [0.2, 0.25) is 0 Å². The minimum Gasteiger partial charge on any atom is -0.367 e. The Labute approximate surface area is 111 Å². The van der Waals surface area contributed by atoms with Gasteiger partial charge in [-0.3, -0.25) is 10.1 Å². The summed E-state index contributed by atoms with van der Waals surface area (Å²) in [6.45, 7) is 4.18. The molecule has 2 rings (SSSR count). The Morgan fingerprint density at radius 2 is 2.05 bits per heavy atom. The van der Waals surface area contributed by atoms with Crippen molar-refractivity contribution in [3.8, 4) is 0 Å². The van der Waals surface area contributed by atoms with Crippen LogP contribution < -0.4 is 5.32 Å². The Morgan fingerprint density at radius 3 is 2.68 bits per heavy atom. The van der Waals surface area contributed by atoms with Crippen molar-refractivity contribution in [2.24, 2.45) is 0 Å². The first kappa shape index (κ1) is 13.2. The minimum absolute atomic E-state index is 0.0508. The zero-order valence-corrected chi connectivity index (χ0v) is 11.0. The molecule has 100 valence electrons. The number of anilines is 1. The lowest BCUT2D eigenvalue weighted by Crippen LogP contribution is -2.18. The monoisotopic (exact) mass is 260 g/mol. The van der Waals surface area contributed by atoms with Crippen molar-refractivity contribution in [3.63, 3.8) is 0 Å². The number of hydrogen-bond acceptors (Lipinski definition) is 5. The van der Waals surface area contributed by atoms with Crippen LogP contribution in [0.2, 0.25) is 0 Å². The molecule has 1 aromatic heterocycles. The van der Waals surface area contributed by atoms with Crippen LogP contribution in [0.25, 0.3) is 10.9 Å². The Morgan fingerprint density at radius 1 is 1.32 bits per heavy atom. The van der Waals surface area contributed by atoms with Crippen molar-refractivity contribution >= 4 is 22.4 Å². The van der Waals surface area contributed by atoms with E-state index in [0.29, 0.717) is 22.8 Å². The predicted octanol–water partition coefficient (Wildman–Crippen LogP) is 3.14. The summed E-state index contributed by atoms with van der Waals surface area (Å²) in [6, 6.07) is 4.92. The normalized spacial score (nSPS) is 10.9. The maximum atomic E-state index is 10.8. The first-order chi connectivity index (χ1) is 9.15. The molecule has 2 aromatic rings. The van der Waals surface area contributed by atoms with Gasteiger partial charge in [0.05, 0.1) is 10.4 Å². The molecule has 0 atom stereocenters. The summed E-state index contributed by atoms with van der Waals surface area (Å²) in [6.07, 6.45) is 3.41. The molecule has 0 saturated carbocycles. The summed E-state index contributed by atoms with van der Waals surface area (Å²) < 4.78 is 0. The van der Waals surface area contributed by atoms with Crippen LogP contribution in [-0.4, -0.2) is 20.9 Å². The molecular formula is C13H16N4O2. The molecule has 0 aliphatic carbocycles. The van der Waals surface area contributed by atoms with Crippen molar-refractivity contribution < 1.29 is 4.92 Å². The van der Waals surface area contributed by atoms with Crippen LogP contribution >= 0.6 is 0 Å². The average Bonchev–Trinajstić information content (AvgIpc) is 2.44. The maximum Gasteiger partial charge on any atom is 0.270 e. The average molecular weight is 260 g/mol.